The Morgan fingerprint density at radius 3 is 2.42 bits per heavy atom. The molecular formula is C49H49ClN10O6S. The molecule has 0 saturated heterocycles. The van der Waals surface area contributed by atoms with Gasteiger partial charge in [-0.05, 0) is 89.1 Å². The number of halogens is 1. The summed E-state index contributed by atoms with van der Waals surface area (Å²) < 4.78 is 22.5. The monoisotopic (exact) mass is 940 g/mol. The van der Waals surface area contributed by atoms with Gasteiger partial charge in [-0.3, -0.25) is 38.3 Å². The fourth-order valence-corrected chi connectivity index (χ4v) is 10.1. The molecule has 1 aliphatic heterocycles. The second-order valence-electron chi connectivity index (χ2n) is 16.5. The smallest absolute Gasteiger partial charge is 0.330 e. The Balaban J connectivity index is 0.857. The molecule has 6 aromatic heterocycles. The van der Waals surface area contributed by atoms with Gasteiger partial charge in [0.1, 0.15) is 34.9 Å². The molecule has 0 spiro atoms. The molecule has 9 rings (SSSR count). The first-order valence-electron chi connectivity index (χ1n) is 21.9. The van der Waals surface area contributed by atoms with E-state index in [-0.39, 0.29) is 56.8 Å². The molecule has 2 aromatic carbocycles. The zero-order valence-corrected chi connectivity index (χ0v) is 39.7. The van der Waals surface area contributed by atoms with Crippen molar-refractivity contribution in [3.8, 4) is 21.9 Å². The predicted octanol–water partition coefficient (Wildman–Crippen LogP) is 7.69. The third-order valence-corrected chi connectivity index (χ3v) is 13.7. The van der Waals surface area contributed by atoms with Crippen molar-refractivity contribution in [2.45, 2.75) is 66.6 Å². The number of hydrogen-bond acceptors (Lipinski definition) is 12. The van der Waals surface area contributed by atoms with Crippen molar-refractivity contribution in [1.29, 1.82) is 0 Å². The van der Waals surface area contributed by atoms with E-state index >= 15 is 0 Å². The molecule has 0 radical (unpaired) electrons. The minimum atomic E-state index is -0.603. The van der Waals surface area contributed by atoms with Crippen molar-refractivity contribution in [3.05, 3.63) is 139 Å². The van der Waals surface area contributed by atoms with Gasteiger partial charge in [-0.25, -0.2) is 4.79 Å². The summed E-state index contributed by atoms with van der Waals surface area (Å²) in [5.41, 5.74) is 8.47. The SMILES string of the molecule is COc1cc2c(cc1-c1c(C)coc1C)ncc1c2n([C@H](C)c2ccccn2)c(=O)n1CC(=O)NCCOCCNC(=O)C[C@@H]1N=C(c2ccc(Cl)cc2)c2c(sc(C)c2C)-n2c(C)nnc21. The number of benzene rings is 2. The molecule has 1 aliphatic rings. The average molecular weight is 942 g/mol. The van der Waals surface area contributed by atoms with Crippen molar-refractivity contribution in [2.75, 3.05) is 33.4 Å². The lowest BCUT2D eigenvalue weighted by Gasteiger charge is -2.15. The van der Waals surface area contributed by atoms with Crippen LogP contribution in [0, 0.1) is 34.6 Å². The summed E-state index contributed by atoms with van der Waals surface area (Å²) >= 11 is 7.90. The van der Waals surface area contributed by atoms with Crippen LogP contribution in [0.1, 0.15) is 75.7 Å². The number of amides is 2. The van der Waals surface area contributed by atoms with Crippen LogP contribution in [-0.2, 0) is 20.9 Å². The summed E-state index contributed by atoms with van der Waals surface area (Å²) in [5, 5.41) is 17.0. The van der Waals surface area contributed by atoms with E-state index in [0.717, 1.165) is 54.7 Å². The van der Waals surface area contributed by atoms with Crippen molar-refractivity contribution in [1.82, 2.24) is 44.5 Å². The molecule has 16 nitrogen and oxygen atoms in total. The Labute approximate surface area is 394 Å². The molecular weight excluding hydrogens is 892 g/mol. The van der Waals surface area contributed by atoms with Gasteiger partial charge in [0.25, 0.3) is 0 Å². The number of aliphatic imine (C=N–C) groups is 1. The van der Waals surface area contributed by atoms with Crippen LogP contribution >= 0.6 is 22.9 Å². The number of pyridine rings is 2. The van der Waals surface area contributed by atoms with Crippen LogP contribution in [-0.4, -0.2) is 84.8 Å². The van der Waals surface area contributed by atoms with Crippen LogP contribution < -0.4 is 21.1 Å². The van der Waals surface area contributed by atoms with Gasteiger partial charge in [-0.15, -0.1) is 21.5 Å². The Bertz CT molecular complexity index is 3260. The molecule has 2 atom stereocenters. The van der Waals surface area contributed by atoms with Gasteiger partial charge in [0, 0.05) is 56.8 Å². The highest BCUT2D eigenvalue weighted by atomic mass is 35.5. The molecule has 0 saturated carbocycles. The lowest BCUT2D eigenvalue weighted by molar-refractivity contribution is -0.122. The van der Waals surface area contributed by atoms with E-state index in [0.29, 0.717) is 50.1 Å². The molecule has 0 unspecified atom stereocenters. The van der Waals surface area contributed by atoms with E-state index in [2.05, 4.69) is 39.7 Å². The number of aromatic nitrogens is 7. The van der Waals surface area contributed by atoms with Gasteiger partial charge in [0.05, 0.1) is 73.2 Å². The van der Waals surface area contributed by atoms with E-state index in [1.54, 1.807) is 41.7 Å². The van der Waals surface area contributed by atoms with E-state index < -0.39 is 12.1 Å². The molecule has 0 fully saturated rings. The average Bonchev–Trinajstić information content (AvgIpc) is 4.02. The number of ether oxygens (including phenoxy) is 2. The van der Waals surface area contributed by atoms with E-state index in [1.165, 1.54) is 4.57 Å². The van der Waals surface area contributed by atoms with Crippen LogP contribution in [0.5, 0.6) is 5.75 Å². The van der Waals surface area contributed by atoms with Gasteiger partial charge in [0.2, 0.25) is 11.8 Å². The number of furan rings is 1. The number of aryl methyl sites for hydroxylation is 4. The standard InChI is InChI=1S/C49H49ClN10O6S/c1-26-25-66-29(4)43(26)35-20-37-34(21-40(35)64-7)46-39(23-54-37)58(49(63)59(46)28(3)36-10-8-9-15-51-36)24-42(62)53-17-19-65-18-16-52-41(61)22-38-47-57-56-31(6)60(47)48-44(27(2)30(5)67-48)45(55-38)32-11-13-33(50)14-12-32/h8-15,20-21,23,25,28,38H,16-19,22,24H2,1-7H3,(H,52,61)(H,53,62)/t28-,38+/m1/s1. The fraction of sp³-hybridized carbons (Fsp3) is 0.306. The first-order valence-corrected chi connectivity index (χ1v) is 23.1. The van der Waals surface area contributed by atoms with Crippen LogP contribution in [0.4, 0.5) is 0 Å². The lowest BCUT2D eigenvalue weighted by Crippen LogP contribution is -2.35. The topological polar surface area (TPSA) is 186 Å². The van der Waals surface area contributed by atoms with E-state index in [4.69, 9.17) is 35.5 Å². The van der Waals surface area contributed by atoms with Gasteiger partial charge in [-0.2, -0.15) is 0 Å². The Morgan fingerprint density at radius 1 is 0.955 bits per heavy atom. The summed E-state index contributed by atoms with van der Waals surface area (Å²) in [6.45, 7) is 12.4. The summed E-state index contributed by atoms with van der Waals surface area (Å²) in [4.78, 5) is 57.0. The van der Waals surface area contributed by atoms with Gasteiger partial charge in [-0.1, -0.05) is 29.8 Å². The molecule has 7 heterocycles. The maximum Gasteiger partial charge on any atom is 0.330 e. The Morgan fingerprint density at radius 2 is 1.72 bits per heavy atom. The largest absolute Gasteiger partial charge is 0.496 e. The Hall–Kier alpha value is -6.95. The number of carbonyl (C=O) groups is 2. The van der Waals surface area contributed by atoms with Gasteiger partial charge in [0.15, 0.2) is 5.82 Å². The van der Waals surface area contributed by atoms with Crippen molar-refractivity contribution in [2.24, 2.45) is 4.99 Å². The second kappa shape index (κ2) is 18.7. The zero-order chi connectivity index (χ0) is 47.1. The highest BCUT2D eigenvalue weighted by molar-refractivity contribution is 7.15. The number of fused-ring (bicyclic) bond motifs is 6. The second-order valence-corrected chi connectivity index (χ2v) is 18.1. The van der Waals surface area contributed by atoms with Crippen molar-refractivity contribution in [3.63, 3.8) is 0 Å². The normalized spacial score (nSPS) is 13.9. The van der Waals surface area contributed by atoms with Crippen LogP contribution in [0.25, 0.3) is 38.1 Å². The number of hydrogen-bond donors (Lipinski definition) is 2. The van der Waals surface area contributed by atoms with Crippen molar-refractivity contribution < 1.29 is 23.5 Å². The molecule has 2 N–H and O–H groups in total. The Kier molecular flexibility index (Phi) is 12.6. The molecule has 8 aromatic rings. The molecule has 67 heavy (non-hydrogen) atoms. The third kappa shape index (κ3) is 8.54. The molecule has 344 valence electrons. The number of imidazole rings is 1. The number of rotatable bonds is 15. The summed E-state index contributed by atoms with van der Waals surface area (Å²) in [6, 6.07) is 15.8. The van der Waals surface area contributed by atoms with Gasteiger partial charge < -0.3 is 24.5 Å². The summed E-state index contributed by atoms with van der Waals surface area (Å²) in [7, 11) is 1.60. The first-order chi connectivity index (χ1) is 32.3. The first kappa shape index (κ1) is 45.2. The van der Waals surface area contributed by atoms with Gasteiger partial charge >= 0.3 is 5.69 Å². The molecule has 0 bridgehead atoms. The number of methoxy groups -OCH3 is 1. The predicted molar refractivity (Wildman–Crippen MR) is 258 cm³/mol. The number of thiophene rings is 1. The van der Waals surface area contributed by atoms with Crippen LogP contribution in [0.2, 0.25) is 5.02 Å². The zero-order valence-electron chi connectivity index (χ0n) is 38.1. The maximum atomic E-state index is 14.4. The van der Waals surface area contributed by atoms with Crippen molar-refractivity contribution >= 4 is 62.4 Å². The van der Waals surface area contributed by atoms with Crippen LogP contribution in [0.15, 0.2) is 87.5 Å². The third-order valence-electron chi connectivity index (χ3n) is 12.2. The lowest BCUT2D eigenvalue weighted by atomic mass is 9.99. The maximum absolute atomic E-state index is 14.4. The molecule has 18 heteroatoms. The molecule has 2 amide bonds. The highest BCUT2D eigenvalue weighted by Crippen LogP contribution is 2.41. The number of nitrogens with one attached hydrogen (secondary N) is 2. The summed E-state index contributed by atoms with van der Waals surface area (Å²) in [5.74, 6) is 2.03. The molecule has 0 aliphatic carbocycles. The highest BCUT2D eigenvalue weighted by Gasteiger charge is 2.33. The fourth-order valence-electron chi connectivity index (χ4n) is 8.79. The van der Waals surface area contributed by atoms with E-state index in [1.807, 2.05) is 86.9 Å². The minimum Gasteiger partial charge on any atom is -0.496 e. The number of nitrogens with zero attached hydrogens (tertiary/aromatic N) is 8. The minimum absolute atomic E-state index is 0.0409. The summed E-state index contributed by atoms with van der Waals surface area (Å²) in [6.07, 6.45) is 5.07. The quantitative estimate of drug-likeness (QED) is 0.0966. The number of carbonyl (C=O) groups excluding carboxylic acids is 2. The van der Waals surface area contributed by atoms with Crippen LogP contribution in [0.3, 0.4) is 0 Å². The van der Waals surface area contributed by atoms with E-state index in [9.17, 15) is 14.4 Å².